The molecule has 0 aliphatic carbocycles. The largest absolute Gasteiger partial charge is 0.494 e. The molecule has 0 bridgehead atoms. The van der Waals surface area contributed by atoms with E-state index in [9.17, 15) is 9.59 Å². The lowest BCUT2D eigenvalue weighted by Gasteiger charge is -2.04. The average molecular weight is 361 g/mol. The number of ether oxygens (including phenoxy) is 1. The van der Waals surface area contributed by atoms with Crippen LogP contribution in [0.25, 0.3) is 6.08 Å². The van der Waals surface area contributed by atoms with Crippen LogP contribution in [0.3, 0.4) is 0 Å². The molecule has 0 radical (unpaired) electrons. The molecule has 1 heterocycles. The fraction of sp³-hybridized carbons (Fsp3) is 0.0909. The van der Waals surface area contributed by atoms with Crippen molar-refractivity contribution in [3.8, 4) is 5.75 Å². The molecule has 3 rings (SSSR count). The van der Waals surface area contributed by atoms with Crippen LogP contribution < -0.4 is 10.1 Å². The molecule has 0 atom stereocenters. The minimum absolute atomic E-state index is 0.118. The van der Waals surface area contributed by atoms with Crippen molar-refractivity contribution in [3.63, 3.8) is 0 Å². The zero-order valence-corrected chi connectivity index (χ0v) is 14.8. The fourth-order valence-corrected chi connectivity index (χ4v) is 2.43. The normalized spacial score (nSPS) is 10.7. The maximum Gasteiger partial charge on any atom is 0.291 e. The van der Waals surface area contributed by atoms with Gasteiger partial charge in [0.15, 0.2) is 11.5 Å². The van der Waals surface area contributed by atoms with Crippen LogP contribution in [-0.4, -0.2) is 18.3 Å². The first-order chi connectivity index (χ1) is 13.2. The molecule has 0 aliphatic heterocycles. The Morgan fingerprint density at radius 3 is 2.41 bits per heavy atom. The van der Waals surface area contributed by atoms with E-state index in [1.807, 2.05) is 31.2 Å². The van der Waals surface area contributed by atoms with Crippen LogP contribution in [0, 0.1) is 0 Å². The Balaban J connectivity index is 1.60. The highest BCUT2D eigenvalue weighted by molar-refractivity contribution is 6.07. The quantitative estimate of drug-likeness (QED) is 0.483. The lowest BCUT2D eigenvalue weighted by Crippen LogP contribution is -2.10. The monoisotopic (exact) mass is 361 g/mol. The topological polar surface area (TPSA) is 68.5 Å². The number of benzene rings is 2. The van der Waals surface area contributed by atoms with Crippen molar-refractivity contribution in [2.75, 3.05) is 11.9 Å². The number of hydrogen-bond acceptors (Lipinski definition) is 4. The van der Waals surface area contributed by atoms with Crippen molar-refractivity contribution in [2.24, 2.45) is 0 Å². The van der Waals surface area contributed by atoms with Gasteiger partial charge in [-0.3, -0.25) is 9.59 Å². The van der Waals surface area contributed by atoms with Crippen LogP contribution >= 0.6 is 0 Å². The Morgan fingerprint density at radius 2 is 1.78 bits per heavy atom. The predicted molar refractivity (Wildman–Crippen MR) is 104 cm³/mol. The first kappa shape index (κ1) is 18.2. The lowest BCUT2D eigenvalue weighted by atomic mass is 10.1. The molecule has 1 aromatic heterocycles. The highest BCUT2D eigenvalue weighted by Gasteiger charge is 2.09. The number of carbonyl (C=O) groups is 2. The van der Waals surface area contributed by atoms with Gasteiger partial charge in [-0.15, -0.1) is 0 Å². The van der Waals surface area contributed by atoms with Gasteiger partial charge in [-0.25, -0.2) is 0 Å². The van der Waals surface area contributed by atoms with E-state index in [1.54, 1.807) is 42.5 Å². The Kier molecular flexibility index (Phi) is 5.84. The summed E-state index contributed by atoms with van der Waals surface area (Å²) in [6.07, 6.45) is 4.71. The van der Waals surface area contributed by atoms with E-state index >= 15 is 0 Å². The summed E-state index contributed by atoms with van der Waals surface area (Å²) < 4.78 is 10.4. The number of nitrogens with one attached hydrogen (secondary N) is 1. The summed E-state index contributed by atoms with van der Waals surface area (Å²) in [5.41, 5.74) is 2.03. The number of amides is 1. The van der Waals surface area contributed by atoms with Crippen molar-refractivity contribution < 1.29 is 18.7 Å². The second kappa shape index (κ2) is 8.67. The molecule has 2 aromatic carbocycles. The highest BCUT2D eigenvalue weighted by atomic mass is 16.5. The van der Waals surface area contributed by atoms with Gasteiger partial charge in [-0.05, 0) is 67.1 Å². The van der Waals surface area contributed by atoms with E-state index in [0.717, 1.165) is 11.3 Å². The zero-order valence-electron chi connectivity index (χ0n) is 14.8. The van der Waals surface area contributed by atoms with Crippen molar-refractivity contribution in [1.82, 2.24) is 0 Å². The maximum absolute atomic E-state index is 12.3. The third-order valence-electron chi connectivity index (χ3n) is 3.79. The lowest BCUT2D eigenvalue weighted by molar-refractivity contribution is 0.0996. The standard InChI is InChI=1S/C22H19NO4/c1-2-26-19-12-5-16(6-13-19)7-14-20(24)17-8-10-18(11-9-17)23-22(25)21-4-3-15-27-21/h3-15H,2H2,1H3,(H,23,25). The van der Waals surface area contributed by atoms with Gasteiger partial charge >= 0.3 is 0 Å². The molecule has 5 heteroatoms. The summed E-state index contributed by atoms with van der Waals surface area (Å²) in [4.78, 5) is 24.2. The number of hydrogen-bond donors (Lipinski definition) is 1. The number of rotatable bonds is 7. The molecule has 136 valence electrons. The fourth-order valence-electron chi connectivity index (χ4n) is 2.43. The van der Waals surface area contributed by atoms with Crippen LogP contribution in [0.4, 0.5) is 5.69 Å². The molecular weight excluding hydrogens is 342 g/mol. The van der Waals surface area contributed by atoms with Gasteiger partial charge in [-0.1, -0.05) is 18.2 Å². The summed E-state index contributed by atoms with van der Waals surface area (Å²) in [5.74, 6) is 0.573. The van der Waals surface area contributed by atoms with Gasteiger partial charge in [-0.2, -0.15) is 0 Å². The van der Waals surface area contributed by atoms with E-state index < -0.39 is 0 Å². The molecule has 1 N–H and O–H groups in total. The van der Waals surface area contributed by atoms with Crippen LogP contribution in [0.2, 0.25) is 0 Å². The van der Waals surface area contributed by atoms with Gasteiger partial charge in [0.2, 0.25) is 0 Å². The number of carbonyl (C=O) groups excluding carboxylic acids is 2. The smallest absolute Gasteiger partial charge is 0.291 e. The Hall–Kier alpha value is -3.60. The van der Waals surface area contributed by atoms with Crippen LogP contribution in [0.15, 0.2) is 77.4 Å². The molecule has 0 saturated carbocycles. The number of ketones is 1. The molecule has 0 spiro atoms. The highest BCUT2D eigenvalue weighted by Crippen LogP contribution is 2.15. The van der Waals surface area contributed by atoms with Gasteiger partial charge in [0.1, 0.15) is 5.75 Å². The summed E-state index contributed by atoms with van der Waals surface area (Å²) in [6, 6.07) is 17.4. The Labute approximate surface area is 157 Å². The second-order valence-electron chi connectivity index (χ2n) is 5.71. The van der Waals surface area contributed by atoms with Crippen molar-refractivity contribution >= 4 is 23.5 Å². The summed E-state index contributed by atoms with van der Waals surface area (Å²) in [5, 5.41) is 2.71. The van der Waals surface area contributed by atoms with Gasteiger partial charge in [0.05, 0.1) is 12.9 Å². The Bertz CT molecular complexity index is 923. The SMILES string of the molecule is CCOc1ccc(C=CC(=O)c2ccc(NC(=O)c3ccco3)cc2)cc1. The van der Waals surface area contributed by atoms with Crippen molar-refractivity contribution in [1.29, 1.82) is 0 Å². The van der Waals surface area contributed by atoms with Crippen LogP contribution in [0.1, 0.15) is 33.4 Å². The molecule has 27 heavy (non-hydrogen) atoms. The van der Waals surface area contributed by atoms with E-state index in [4.69, 9.17) is 9.15 Å². The second-order valence-corrected chi connectivity index (χ2v) is 5.71. The van der Waals surface area contributed by atoms with E-state index in [0.29, 0.717) is 17.9 Å². The van der Waals surface area contributed by atoms with Gasteiger partial charge in [0.25, 0.3) is 5.91 Å². The number of allylic oxidation sites excluding steroid dienone is 1. The molecule has 5 nitrogen and oxygen atoms in total. The van der Waals surface area contributed by atoms with Crippen molar-refractivity contribution in [2.45, 2.75) is 6.92 Å². The number of furan rings is 1. The summed E-state index contributed by atoms with van der Waals surface area (Å²) >= 11 is 0. The third kappa shape index (κ3) is 4.95. The first-order valence-corrected chi connectivity index (χ1v) is 8.56. The van der Waals surface area contributed by atoms with Gasteiger partial charge in [0, 0.05) is 11.3 Å². The van der Waals surface area contributed by atoms with Crippen molar-refractivity contribution in [3.05, 3.63) is 89.9 Å². The van der Waals surface area contributed by atoms with Gasteiger partial charge < -0.3 is 14.5 Å². The maximum atomic E-state index is 12.3. The molecule has 0 saturated heterocycles. The van der Waals surface area contributed by atoms with E-state index in [-0.39, 0.29) is 17.5 Å². The molecule has 0 fully saturated rings. The van der Waals surface area contributed by atoms with Crippen LogP contribution in [-0.2, 0) is 0 Å². The van der Waals surface area contributed by atoms with E-state index in [2.05, 4.69) is 5.32 Å². The molecule has 0 unspecified atom stereocenters. The first-order valence-electron chi connectivity index (χ1n) is 8.56. The molecular formula is C22H19NO4. The number of anilines is 1. The minimum atomic E-state index is -0.338. The molecule has 1 amide bonds. The third-order valence-corrected chi connectivity index (χ3v) is 3.79. The summed E-state index contributed by atoms with van der Waals surface area (Å²) in [6.45, 7) is 2.55. The van der Waals surface area contributed by atoms with E-state index in [1.165, 1.54) is 12.3 Å². The summed E-state index contributed by atoms with van der Waals surface area (Å²) in [7, 11) is 0. The zero-order chi connectivity index (χ0) is 19.1. The predicted octanol–water partition coefficient (Wildman–Crippen LogP) is 4.83. The molecule has 0 aliphatic rings. The molecule has 3 aromatic rings. The average Bonchev–Trinajstić information content (AvgIpc) is 3.23. The Morgan fingerprint density at radius 1 is 1.04 bits per heavy atom. The minimum Gasteiger partial charge on any atom is -0.494 e. The van der Waals surface area contributed by atoms with Crippen LogP contribution in [0.5, 0.6) is 5.75 Å².